The summed E-state index contributed by atoms with van der Waals surface area (Å²) in [6.07, 6.45) is 2.59. The minimum absolute atomic E-state index is 0.202. The third-order valence-corrected chi connectivity index (χ3v) is 5.38. The number of nitrogens with zero attached hydrogens (tertiary/aromatic N) is 4. The molecule has 1 aliphatic heterocycles. The van der Waals surface area contributed by atoms with Crippen LogP contribution in [0.2, 0.25) is 0 Å². The van der Waals surface area contributed by atoms with Crippen molar-refractivity contribution in [3.8, 4) is 39.8 Å². The maximum Gasteiger partial charge on any atom is 0.223 e. The highest BCUT2D eigenvalue weighted by Crippen LogP contribution is 2.36. The molecule has 5 rings (SSSR count). The number of hydrogen-bond acceptors (Lipinski definition) is 7. The minimum atomic E-state index is -0.308. The molecule has 8 nitrogen and oxygen atoms in total. The highest BCUT2D eigenvalue weighted by molar-refractivity contribution is 5.81. The Morgan fingerprint density at radius 2 is 1.97 bits per heavy atom. The van der Waals surface area contributed by atoms with Crippen molar-refractivity contribution in [1.29, 1.82) is 0 Å². The summed E-state index contributed by atoms with van der Waals surface area (Å²) in [4.78, 5) is 21.8. The number of benzene rings is 1. The van der Waals surface area contributed by atoms with E-state index < -0.39 is 0 Å². The van der Waals surface area contributed by atoms with Crippen LogP contribution in [0.15, 0.2) is 42.6 Å². The highest BCUT2D eigenvalue weighted by atomic mass is 19.1. The van der Waals surface area contributed by atoms with Gasteiger partial charge in [0.2, 0.25) is 5.95 Å². The van der Waals surface area contributed by atoms with Crippen LogP contribution in [0.1, 0.15) is 26.0 Å². The number of imidazole rings is 1. The fourth-order valence-electron chi connectivity index (χ4n) is 3.45. The first-order chi connectivity index (χ1) is 15.5. The quantitative estimate of drug-likeness (QED) is 0.438. The van der Waals surface area contributed by atoms with Gasteiger partial charge in [-0.1, -0.05) is 6.92 Å². The van der Waals surface area contributed by atoms with Gasteiger partial charge in [-0.15, -0.1) is 0 Å². The molecule has 0 spiro atoms. The lowest BCUT2D eigenvalue weighted by molar-refractivity contribution is 0.302. The van der Waals surface area contributed by atoms with Crippen molar-refractivity contribution >= 4 is 11.8 Å². The smallest absolute Gasteiger partial charge is 0.223 e. The first kappa shape index (κ1) is 19.9. The molecule has 4 bridgehead atoms. The topological polar surface area (TPSA) is 115 Å². The largest absolute Gasteiger partial charge is 0.483 e. The zero-order valence-corrected chi connectivity index (χ0v) is 17.7. The molecule has 0 amide bonds. The second-order valence-corrected chi connectivity index (χ2v) is 7.73. The van der Waals surface area contributed by atoms with Crippen LogP contribution in [0.4, 0.5) is 16.2 Å². The van der Waals surface area contributed by atoms with Crippen molar-refractivity contribution in [2.24, 2.45) is 0 Å². The molecule has 0 saturated heterocycles. The lowest BCUT2D eigenvalue weighted by atomic mass is 10.1. The summed E-state index contributed by atoms with van der Waals surface area (Å²) >= 11 is 0. The zero-order chi connectivity index (χ0) is 22.2. The van der Waals surface area contributed by atoms with Crippen LogP contribution >= 0.6 is 0 Å². The van der Waals surface area contributed by atoms with E-state index in [9.17, 15) is 4.39 Å². The van der Waals surface area contributed by atoms with E-state index in [2.05, 4.69) is 34.1 Å². The SMILES string of the molecule is CC[C@H](C)Nc1nc2cc(n1)-c1nc(-c3ccc(F)cc3)[nH]c1-c1cnc(N)c(c1)OC2. The number of nitrogen functional groups attached to an aromatic ring is 1. The van der Waals surface area contributed by atoms with E-state index in [-0.39, 0.29) is 18.5 Å². The van der Waals surface area contributed by atoms with E-state index in [4.69, 9.17) is 20.4 Å². The maximum absolute atomic E-state index is 13.4. The van der Waals surface area contributed by atoms with Crippen LogP contribution in [-0.2, 0) is 6.61 Å². The average molecular weight is 431 g/mol. The first-order valence-corrected chi connectivity index (χ1v) is 10.4. The second kappa shape index (κ2) is 7.92. The van der Waals surface area contributed by atoms with E-state index >= 15 is 0 Å². The van der Waals surface area contributed by atoms with Crippen molar-refractivity contribution < 1.29 is 9.13 Å². The van der Waals surface area contributed by atoms with Gasteiger partial charge in [-0.05, 0) is 49.7 Å². The molecule has 162 valence electrons. The Bertz CT molecular complexity index is 1290. The molecule has 4 N–H and O–H groups in total. The first-order valence-electron chi connectivity index (χ1n) is 10.4. The Morgan fingerprint density at radius 1 is 1.16 bits per heavy atom. The van der Waals surface area contributed by atoms with Gasteiger partial charge in [0.25, 0.3) is 0 Å². The van der Waals surface area contributed by atoms with Gasteiger partial charge in [-0.25, -0.2) is 24.3 Å². The number of pyridine rings is 1. The third-order valence-electron chi connectivity index (χ3n) is 5.38. The van der Waals surface area contributed by atoms with Crippen molar-refractivity contribution in [1.82, 2.24) is 24.9 Å². The number of hydrogen-bond donors (Lipinski definition) is 3. The molecule has 0 fully saturated rings. The minimum Gasteiger partial charge on any atom is -0.483 e. The van der Waals surface area contributed by atoms with Crippen molar-refractivity contribution in [3.63, 3.8) is 0 Å². The summed E-state index contributed by atoms with van der Waals surface area (Å²) in [5.74, 6) is 1.54. The zero-order valence-electron chi connectivity index (χ0n) is 17.7. The number of aromatic amines is 1. The van der Waals surface area contributed by atoms with Gasteiger partial charge in [0.05, 0.1) is 17.1 Å². The molecule has 0 unspecified atom stereocenters. The van der Waals surface area contributed by atoms with Crippen LogP contribution in [0, 0.1) is 5.82 Å². The number of fused-ring (bicyclic) bond motifs is 7. The van der Waals surface area contributed by atoms with Gasteiger partial charge in [-0.2, -0.15) is 0 Å². The van der Waals surface area contributed by atoms with Gasteiger partial charge in [0.15, 0.2) is 11.6 Å². The monoisotopic (exact) mass is 431 g/mol. The Balaban J connectivity index is 1.72. The number of rotatable bonds is 4. The number of anilines is 2. The number of ether oxygens (including phenoxy) is 1. The molecule has 3 aromatic heterocycles. The number of nitrogens with two attached hydrogens (primary N) is 1. The predicted molar refractivity (Wildman–Crippen MR) is 120 cm³/mol. The molecule has 0 radical (unpaired) electrons. The molecule has 4 aromatic rings. The van der Waals surface area contributed by atoms with Crippen molar-refractivity contribution in [3.05, 3.63) is 54.1 Å². The van der Waals surface area contributed by atoms with Crippen LogP contribution < -0.4 is 15.8 Å². The van der Waals surface area contributed by atoms with Gasteiger partial charge in [-0.3, -0.25) is 0 Å². The number of H-pyrrole nitrogens is 1. The van der Waals surface area contributed by atoms with Gasteiger partial charge in [0, 0.05) is 23.4 Å². The van der Waals surface area contributed by atoms with E-state index in [1.165, 1.54) is 12.1 Å². The maximum atomic E-state index is 13.4. The van der Waals surface area contributed by atoms with Gasteiger partial charge < -0.3 is 20.8 Å². The Labute approximate surface area is 184 Å². The van der Waals surface area contributed by atoms with E-state index in [0.29, 0.717) is 46.1 Å². The van der Waals surface area contributed by atoms with E-state index in [1.807, 2.05) is 12.1 Å². The molecular formula is C23H22FN7O. The number of nitrogens with one attached hydrogen (secondary N) is 2. The fourth-order valence-corrected chi connectivity index (χ4v) is 3.45. The lowest BCUT2D eigenvalue weighted by Gasteiger charge is -2.16. The van der Waals surface area contributed by atoms with Crippen LogP contribution in [0.5, 0.6) is 5.75 Å². The summed E-state index contributed by atoms with van der Waals surface area (Å²) in [6, 6.07) is 10.0. The van der Waals surface area contributed by atoms with Crippen LogP contribution in [0.3, 0.4) is 0 Å². The molecule has 4 heterocycles. The van der Waals surface area contributed by atoms with Gasteiger partial charge >= 0.3 is 0 Å². The Hall–Kier alpha value is -4.01. The van der Waals surface area contributed by atoms with Crippen molar-refractivity contribution in [2.75, 3.05) is 11.1 Å². The molecule has 32 heavy (non-hydrogen) atoms. The van der Waals surface area contributed by atoms with Gasteiger partial charge in [0.1, 0.15) is 23.9 Å². The molecule has 9 heteroatoms. The standard InChI is InChI=1S/C23H22FN7O/c1-3-12(2)27-23-28-16-9-17(29-23)20-19(14-8-18(32-11-16)21(25)26-10-14)30-22(31-20)13-4-6-15(24)7-5-13/h4-10,12H,3,11H2,1-2H3,(H2,25,26)(H,30,31)(H,27,28,29)/t12-/m0/s1. The van der Waals surface area contributed by atoms with E-state index in [1.54, 1.807) is 18.3 Å². The molecule has 1 aromatic carbocycles. The lowest BCUT2D eigenvalue weighted by Crippen LogP contribution is -2.17. The fraction of sp³-hybridized carbons (Fsp3) is 0.217. The summed E-state index contributed by atoms with van der Waals surface area (Å²) in [6.45, 7) is 4.37. The number of halogens is 1. The van der Waals surface area contributed by atoms with Crippen molar-refractivity contribution in [2.45, 2.75) is 32.9 Å². The molecule has 1 aliphatic rings. The number of aromatic nitrogens is 5. The molecule has 0 saturated carbocycles. The Kier molecular flexibility index (Phi) is 4.93. The summed E-state index contributed by atoms with van der Waals surface area (Å²) in [5.41, 5.74) is 10.2. The molecular weight excluding hydrogens is 409 g/mol. The second-order valence-electron chi connectivity index (χ2n) is 7.73. The predicted octanol–water partition coefficient (Wildman–Crippen LogP) is 4.42. The average Bonchev–Trinajstić information content (AvgIpc) is 3.24. The summed E-state index contributed by atoms with van der Waals surface area (Å²) < 4.78 is 19.4. The Morgan fingerprint density at radius 3 is 2.75 bits per heavy atom. The summed E-state index contributed by atoms with van der Waals surface area (Å²) in [7, 11) is 0. The third kappa shape index (κ3) is 3.73. The normalized spacial score (nSPS) is 13.1. The summed E-state index contributed by atoms with van der Waals surface area (Å²) in [5, 5.41) is 3.32. The molecule has 1 atom stereocenters. The van der Waals surface area contributed by atoms with E-state index in [0.717, 1.165) is 17.5 Å². The van der Waals surface area contributed by atoms with Crippen LogP contribution in [-0.4, -0.2) is 31.0 Å². The van der Waals surface area contributed by atoms with Crippen LogP contribution in [0.25, 0.3) is 34.0 Å². The highest BCUT2D eigenvalue weighted by Gasteiger charge is 2.21. The molecule has 0 aliphatic carbocycles.